The van der Waals surface area contributed by atoms with Gasteiger partial charge in [-0.15, -0.1) is 0 Å². The third kappa shape index (κ3) is 3.99. The van der Waals surface area contributed by atoms with Gasteiger partial charge in [-0.05, 0) is 19.9 Å². The van der Waals surface area contributed by atoms with Crippen LogP contribution >= 0.6 is 0 Å². The van der Waals surface area contributed by atoms with Crippen LogP contribution < -0.4 is 10.0 Å². The summed E-state index contributed by atoms with van der Waals surface area (Å²) in [6.07, 6.45) is 1.73. The third-order valence-electron chi connectivity index (χ3n) is 2.79. The second kappa shape index (κ2) is 6.51. The number of hydrogen-bond donors (Lipinski definition) is 2. The van der Waals surface area contributed by atoms with E-state index in [-0.39, 0.29) is 0 Å². The van der Waals surface area contributed by atoms with Crippen molar-refractivity contribution in [2.45, 2.75) is 18.9 Å². The zero-order valence-electron chi connectivity index (χ0n) is 9.90. The molecule has 0 aromatic rings. The summed E-state index contributed by atoms with van der Waals surface area (Å²) in [6, 6.07) is 0.436. The summed E-state index contributed by atoms with van der Waals surface area (Å²) in [5.74, 6) is 0. The molecule has 16 heavy (non-hydrogen) atoms. The van der Waals surface area contributed by atoms with Crippen molar-refractivity contribution in [3.63, 3.8) is 0 Å². The van der Waals surface area contributed by atoms with Crippen LogP contribution in [0.2, 0.25) is 0 Å². The molecule has 1 heterocycles. The summed E-state index contributed by atoms with van der Waals surface area (Å²) in [6.45, 7) is 1.87. The summed E-state index contributed by atoms with van der Waals surface area (Å²) >= 11 is 0. The molecule has 0 aromatic carbocycles. The van der Waals surface area contributed by atoms with E-state index in [1.807, 2.05) is 7.05 Å². The van der Waals surface area contributed by atoms with Crippen LogP contribution in [0, 0.1) is 0 Å². The Hall–Kier alpha value is -0.210. The van der Waals surface area contributed by atoms with Crippen molar-refractivity contribution < 1.29 is 13.2 Å². The molecular weight excluding hydrogens is 230 g/mol. The molecular formula is C9H21N3O3S. The highest BCUT2D eigenvalue weighted by Crippen LogP contribution is 2.12. The minimum Gasteiger partial charge on any atom is -0.383 e. The summed E-state index contributed by atoms with van der Waals surface area (Å²) in [4.78, 5) is 0. The minimum atomic E-state index is -3.31. The lowest BCUT2D eigenvalue weighted by molar-refractivity contribution is 0.203. The fourth-order valence-electron chi connectivity index (χ4n) is 1.75. The highest BCUT2D eigenvalue weighted by atomic mass is 32.2. The standard InChI is InChI=1S/C9H21N3O3S/c1-10-9-3-6-12(7-4-9)16(13,14)11-5-8-15-2/h9-11H,3-8H2,1-2H3. The molecule has 1 fully saturated rings. The highest BCUT2D eigenvalue weighted by molar-refractivity contribution is 7.87. The summed E-state index contributed by atoms with van der Waals surface area (Å²) < 4.78 is 32.4. The molecule has 6 nitrogen and oxygen atoms in total. The predicted octanol–water partition coefficient (Wildman–Crippen LogP) is -0.849. The Morgan fingerprint density at radius 3 is 2.50 bits per heavy atom. The van der Waals surface area contributed by atoms with Crippen LogP contribution in [0.4, 0.5) is 0 Å². The van der Waals surface area contributed by atoms with Crippen molar-refractivity contribution in [3.8, 4) is 0 Å². The first-order valence-electron chi connectivity index (χ1n) is 5.51. The first kappa shape index (κ1) is 13.9. The smallest absolute Gasteiger partial charge is 0.279 e. The number of nitrogens with zero attached hydrogens (tertiary/aromatic N) is 1. The normalized spacial score (nSPS) is 20.1. The monoisotopic (exact) mass is 251 g/mol. The molecule has 2 N–H and O–H groups in total. The molecule has 0 unspecified atom stereocenters. The maximum atomic E-state index is 11.8. The Kier molecular flexibility index (Phi) is 5.63. The molecule has 0 atom stereocenters. The molecule has 0 radical (unpaired) electrons. The summed E-state index contributed by atoms with van der Waals surface area (Å²) in [5, 5.41) is 3.17. The van der Waals surface area contributed by atoms with Crippen LogP contribution in [0.5, 0.6) is 0 Å². The van der Waals surface area contributed by atoms with E-state index in [0.717, 1.165) is 12.8 Å². The van der Waals surface area contributed by atoms with Gasteiger partial charge in [-0.2, -0.15) is 17.4 Å². The fourth-order valence-corrected chi connectivity index (χ4v) is 2.96. The number of hydrogen-bond acceptors (Lipinski definition) is 4. The largest absolute Gasteiger partial charge is 0.383 e. The molecule has 0 aromatic heterocycles. The maximum absolute atomic E-state index is 11.8. The van der Waals surface area contributed by atoms with Crippen molar-refractivity contribution in [2.75, 3.05) is 40.4 Å². The van der Waals surface area contributed by atoms with Crippen LogP contribution in [0.1, 0.15) is 12.8 Å². The van der Waals surface area contributed by atoms with Crippen LogP contribution in [-0.4, -0.2) is 59.2 Å². The van der Waals surface area contributed by atoms with Crippen molar-refractivity contribution >= 4 is 10.2 Å². The molecule has 1 rings (SSSR count). The van der Waals surface area contributed by atoms with Gasteiger partial charge in [0.05, 0.1) is 6.61 Å². The lowest BCUT2D eigenvalue weighted by Gasteiger charge is -2.30. The van der Waals surface area contributed by atoms with Gasteiger partial charge in [0, 0.05) is 32.8 Å². The Balaban J connectivity index is 2.39. The molecule has 0 bridgehead atoms. The second-order valence-electron chi connectivity index (χ2n) is 3.85. The second-order valence-corrected chi connectivity index (χ2v) is 5.61. The molecule has 7 heteroatoms. The molecule has 0 amide bonds. The first-order chi connectivity index (χ1) is 7.60. The Labute approximate surface area is 97.5 Å². The van der Waals surface area contributed by atoms with Gasteiger partial charge in [-0.3, -0.25) is 0 Å². The SMILES string of the molecule is CNC1CCN(S(=O)(=O)NCCOC)CC1. The molecule has 96 valence electrons. The molecule has 1 aliphatic rings. The fraction of sp³-hybridized carbons (Fsp3) is 1.00. The van der Waals surface area contributed by atoms with Gasteiger partial charge >= 0.3 is 0 Å². The van der Waals surface area contributed by atoms with Gasteiger partial charge in [0.1, 0.15) is 0 Å². The lowest BCUT2D eigenvalue weighted by Crippen LogP contribution is -2.48. The lowest BCUT2D eigenvalue weighted by atomic mass is 10.1. The quantitative estimate of drug-likeness (QED) is 0.603. The van der Waals surface area contributed by atoms with E-state index in [1.165, 1.54) is 4.31 Å². The van der Waals surface area contributed by atoms with Gasteiger partial charge in [0.2, 0.25) is 0 Å². The van der Waals surface area contributed by atoms with Gasteiger partial charge in [0.25, 0.3) is 10.2 Å². The van der Waals surface area contributed by atoms with Crippen molar-refractivity contribution in [3.05, 3.63) is 0 Å². The van der Waals surface area contributed by atoms with E-state index in [4.69, 9.17) is 4.74 Å². The van der Waals surface area contributed by atoms with E-state index in [9.17, 15) is 8.42 Å². The van der Waals surface area contributed by atoms with Crippen molar-refractivity contribution in [1.82, 2.24) is 14.3 Å². The van der Waals surface area contributed by atoms with Crippen molar-refractivity contribution in [2.24, 2.45) is 0 Å². The Morgan fingerprint density at radius 1 is 1.38 bits per heavy atom. The molecule has 1 saturated heterocycles. The summed E-state index contributed by atoms with van der Waals surface area (Å²) in [7, 11) is 0.145. The van der Waals surface area contributed by atoms with Gasteiger partial charge in [0.15, 0.2) is 0 Å². The Morgan fingerprint density at radius 2 is 2.00 bits per heavy atom. The van der Waals surface area contributed by atoms with Crippen LogP contribution in [0.25, 0.3) is 0 Å². The van der Waals surface area contributed by atoms with Crippen LogP contribution in [-0.2, 0) is 14.9 Å². The topological polar surface area (TPSA) is 70.7 Å². The van der Waals surface area contributed by atoms with E-state index >= 15 is 0 Å². The molecule has 0 spiro atoms. The molecule has 1 aliphatic heterocycles. The zero-order valence-corrected chi connectivity index (χ0v) is 10.7. The average Bonchev–Trinajstić information content (AvgIpc) is 2.29. The van der Waals surface area contributed by atoms with Gasteiger partial charge in [-0.25, -0.2) is 0 Å². The molecule has 0 saturated carbocycles. The average molecular weight is 251 g/mol. The number of methoxy groups -OCH3 is 1. The number of nitrogens with one attached hydrogen (secondary N) is 2. The highest BCUT2D eigenvalue weighted by Gasteiger charge is 2.26. The van der Waals surface area contributed by atoms with Crippen LogP contribution in [0.3, 0.4) is 0 Å². The van der Waals surface area contributed by atoms with E-state index in [1.54, 1.807) is 7.11 Å². The van der Waals surface area contributed by atoms with E-state index < -0.39 is 10.2 Å². The Bertz CT molecular complexity index is 286. The number of ether oxygens (including phenoxy) is 1. The van der Waals surface area contributed by atoms with Gasteiger partial charge in [-0.1, -0.05) is 0 Å². The zero-order chi connectivity index (χ0) is 12.0. The van der Waals surface area contributed by atoms with E-state index in [0.29, 0.717) is 32.3 Å². The maximum Gasteiger partial charge on any atom is 0.279 e. The number of rotatable bonds is 6. The van der Waals surface area contributed by atoms with Gasteiger partial charge < -0.3 is 10.1 Å². The summed E-state index contributed by atoms with van der Waals surface area (Å²) in [5.41, 5.74) is 0. The molecule has 0 aliphatic carbocycles. The van der Waals surface area contributed by atoms with Crippen molar-refractivity contribution in [1.29, 1.82) is 0 Å². The minimum absolute atomic E-state index is 0.324. The predicted molar refractivity (Wildman–Crippen MR) is 62.5 cm³/mol. The first-order valence-corrected chi connectivity index (χ1v) is 6.95. The number of piperidine rings is 1. The van der Waals surface area contributed by atoms with E-state index in [2.05, 4.69) is 10.0 Å². The van der Waals surface area contributed by atoms with Crippen LogP contribution in [0.15, 0.2) is 0 Å². The third-order valence-corrected chi connectivity index (χ3v) is 4.41.